The first-order valence-corrected chi connectivity index (χ1v) is 7.39. The molecule has 5 nitrogen and oxygen atoms in total. The van der Waals surface area contributed by atoms with Crippen molar-refractivity contribution in [3.63, 3.8) is 0 Å². The number of benzene rings is 1. The van der Waals surface area contributed by atoms with E-state index in [1.807, 2.05) is 12.3 Å². The highest BCUT2D eigenvalue weighted by Gasteiger charge is 2.12. The summed E-state index contributed by atoms with van der Waals surface area (Å²) in [6.45, 7) is 2.03. The van der Waals surface area contributed by atoms with Gasteiger partial charge in [0.1, 0.15) is 5.01 Å². The Morgan fingerprint density at radius 3 is 2.77 bits per heavy atom. The number of aryl methyl sites for hydroxylation is 1. The summed E-state index contributed by atoms with van der Waals surface area (Å²) in [5.41, 5.74) is 1.07. The normalized spacial score (nSPS) is 12.0. The fourth-order valence-corrected chi connectivity index (χ4v) is 2.44. The minimum atomic E-state index is -1.12. The number of halogens is 2. The summed E-state index contributed by atoms with van der Waals surface area (Å²) in [6, 6.07) is 2.62. The molecule has 2 amide bonds. The van der Waals surface area contributed by atoms with Gasteiger partial charge >= 0.3 is 6.03 Å². The zero-order valence-electron chi connectivity index (χ0n) is 11.8. The molecule has 1 heterocycles. The molecule has 0 spiro atoms. The van der Waals surface area contributed by atoms with Gasteiger partial charge in [0.25, 0.3) is 0 Å². The fraction of sp³-hybridized carbons (Fsp3) is 0.286. The second-order valence-corrected chi connectivity index (χ2v) is 5.58. The first kappa shape index (κ1) is 16.3. The largest absolute Gasteiger partial charge is 0.387 e. The van der Waals surface area contributed by atoms with Crippen LogP contribution in [0.3, 0.4) is 0 Å². The number of nitrogens with zero attached hydrogens (tertiary/aromatic N) is 1. The molecule has 0 aliphatic rings. The zero-order chi connectivity index (χ0) is 16.1. The van der Waals surface area contributed by atoms with Gasteiger partial charge in [0.05, 0.1) is 12.6 Å². The van der Waals surface area contributed by atoms with Crippen molar-refractivity contribution >= 4 is 17.4 Å². The third kappa shape index (κ3) is 4.47. The molecule has 2 aromatic rings. The summed E-state index contributed by atoms with van der Waals surface area (Å²) >= 11 is 1.44. The number of aliphatic hydroxyl groups is 1. The SMILES string of the molecule is Cc1csc(CNC(=O)NCC(O)c2ccc(F)c(F)c2)n1. The van der Waals surface area contributed by atoms with Gasteiger partial charge in [0.2, 0.25) is 0 Å². The number of aromatic nitrogens is 1. The van der Waals surface area contributed by atoms with Crippen molar-refractivity contribution in [2.24, 2.45) is 0 Å². The van der Waals surface area contributed by atoms with Crippen LogP contribution in [-0.2, 0) is 6.54 Å². The number of amides is 2. The number of thiazole rings is 1. The van der Waals surface area contributed by atoms with Crippen molar-refractivity contribution in [1.82, 2.24) is 15.6 Å². The van der Waals surface area contributed by atoms with Gasteiger partial charge in [-0.25, -0.2) is 18.6 Å². The van der Waals surface area contributed by atoms with E-state index in [4.69, 9.17) is 0 Å². The van der Waals surface area contributed by atoms with Gasteiger partial charge in [0.15, 0.2) is 11.6 Å². The lowest BCUT2D eigenvalue weighted by atomic mass is 10.1. The molecule has 0 bridgehead atoms. The molecule has 0 aliphatic carbocycles. The Morgan fingerprint density at radius 1 is 1.36 bits per heavy atom. The molecular weight excluding hydrogens is 312 g/mol. The van der Waals surface area contributed by atoms with Crippen molar-refractivity contribution in [3.8, 4) is 0 Å². The molecule has 1 aromatic carbocycles. The minimum Gasteiger partial charge on any atom is -0.387 e. The Morgan fingerprint density at radius 2 is 2.14 bits per heavy atom. The molecule has 1 aromatic heterocycles. The van der Waals surface area contributed by atoms with Crippen LogP contribution in [0, 0.1) is 18.6 Å². The molecule has 22 heavy (non-hydrogen) atoms. The van der Waals surface area contributed by atoms with Crippen LogP contribution < -0.4 is 10.6 Å². The lowest BCUT2D eigenvalue weighted by Gasteiger charge is -2.13. The van der Waals surface area contributed by atoms with E-state index in [0.29, 0.717) is 0 Å². The number of hydrogen-bond donors (Lipinski definition) is 3. The van der Waals surface area contributed by atoms with Crippen LogP contribution in [0.2, 0.25) is 0 Å². The van der Waals surface area contributed by atoms with Crippen LogP contribution in [0.15, 0.2) is 23.6 Å². The van der Waals surface area contributed by atoms with Crippen LogP contribution in [-0.4, -0.2) is 22.7 Å². The Kier molecular flexibility index (Phi) is 5.40. The molecule has 0 aliphatic heterocycles. The Bertz CT molecular complexity index is 663. The number of carbonyl (C=O) groups excluding carboxylic acids is 1. The van der Waals surface area contributed by atoms with E-state index in [1.54, 1.807) is 0 Å². The van der Waals surface area contributed by atoms with Crippen molar-refractivity contribution in [3.05, 3.63) is 51.5 Å². The number of hydrogen-bond acceptors (Lipinski definition) is 4. The molecule has 0 radical (unpaired) electrons. The molecule has 0 fully saturated rings. The predicted molar refractivity (Wildman–Crippen MR) is 78.4 cm³/mol. The van der Waals surface area contributed by atoms with E-state index < -0.39 is 23.8 Å². The molecule has 3 N–H and O–H groups in total. The van der Waals surface area contributed by atoms with Crippen LogP contribution in [0.5, 0.6) is 0 Å². The van der Waals surface area contributed by atoms with Crippen molar-refractivity contribution in [2.45, 2.75) is 19.6 Å². The molecule has 2 rings (SSSR count). The van der Waals surface area contributed by atoms with Gasteiger partial charge in [-0.15, -0.1) is 11.3 Å². The number of urea groups is 1. The highest BCUT2D eigenvalue weighted by molar-refractivity contribution is 7.09. The summed E-state index contributed by atoms with van der Waals surface area (Å²) in [7, 11) is 0. The van der Waals surface area contributed by atoms with E-state index in [9.17, 15) is 18.7 Å². The lowest BCUT2D eigenvalue weighted by Crippen LogP contribution is -2.37. The first-order valence-electron chi connectivity index (χ1n) is 6.51. The van der Waals surface area contributed by atoms with Gasteiger partial charge in [-0.05, 0) is 24.6 Å². The molecule has 1 unspecified atom stereocenters. The molecule has 8 heteroatoms. The highest BCUT2D eigenvalue weighted by Crippen LogP contribution is 2.15. The second kappa shape index (κ2) is 7.28. The minimum absolute atomic E-state index is 0.117. The van der Waals surface area contributed by atoms with E-state index in [-0.39, 0.29) is 18.7 Å². The maximum absolute atomic E-state index is 13.1. The van der Waals surface area contributed by atoms with Gasteiger partial charge in [-0.3, -0.25) is 0 Å². The zero-order valence-corrected chi connectivity index (χ0v) is 12.6. The van der Waals surface area contributed by atoms with Gasteiger partial charge < -0.3 is 15.7 Å². The standard InChI is InChI=1S/C14H15F2N3O2S/c1-8-7-22-13(19-8)6-18-14(21)17-5-12(20)9-2-3-10(15)11(16)4-9/h2-4,7,12,20H,5-6H2,1H3,(H2,17,18,21). The fourth-order valence-electron chi connectivity index (χ4n) is 1.73. The monoisotopic (exact) mass is 327 g/mol. The molecule has 1 atom stereocenters. The average molecular weight is 327 g/mol. The van der Waals surface area contributed by atoms with E-state index in [1.165, 1.54) is 17.4 Å². The molecule has 0 saturated carbocycles. The Labute approximate surface area is 130 Å². The smallest absolute Gasteiger partial charge is 0.315 e. The summed E-state index contributed by atoms with van der Waals surface area (Å²) in [5.74, 6) is -2.03. The summed E-state index contributed by atoms with van der Waals surface area (Å²) < 4.78 is 25.9. The van der Waals surface area contributed by atoms with Crippen LogP contribution in [0.4, 0.5) is 13.6 Å². The maximum Gasteiger partial charge on any atom is 0.315 e. The number of nitrogens with one attached hydrogen (secondary N) is 2. The van der Waals surface area contributed by atoms with Gasteiger partial charge in [0, 0.05) is 17.6 Å². The van der Waals surface area contributed by atoms with Crippen molar-refractivity contribution in [1.29, 1.82) is 0 Å². The molecule has 0 saturated heterocycles. The Hall–Kier alpha value is -2.06. The molecular formula is C14H15F2N3O2S. The highest BCUT2D eigenvalue weighted by atomic mass is 32.1. The topological polar surface area (TPSA) is 74.2 Å². The lowest BCUT2D eigenvalue weighted by molar-refractivity contribution is 0.172. The number of rotatable bonds is 5. The number of aliphatic hydroxyl groups excluding tert-OH is 1. The van der Waals surface area contributed by atoms with Crippen LogP contribution >= 0.6 is 11.3 Å². The van der Waals surface area contributed by atoms with Gasteiger partial charge in [-0.1, -0.05) is 6.07 Å². The van der Waals surface area contributed by atoms with Crippen molar-refractivity contribution < 1.29 is 18.7 Å². The second-order valence-electron chi connectivity index (χ2n) is 4.64. The van der Waals surface area contributed by atoms with E-state index in [2.05, 4.69) is 15.6 Å². The summed E-state index contributed by atoms with van der Waals surface area (Å²) in [6.07, 6.45) is -1.12. The van der Waals surface area contributed by atoms with Crippen LogP contribution in [0.1, 0.15) is 22.4 Å². The van der Waals surface area contributed by atoms with Crippen LogP contribution in [0.25, 0.3) is 0 Å². The quantitative estimate of drug-likeness (QED) is 0.789. The van der Waals surface area contributed by atoms with E-state index >= 15 is 0 Å². The third-order valence-corrected chi connectivity index (χ3v) is 3.82. The predicted octanol–water partition coefficient (Wildman–Crippen LogP) is 2.26. The first-order chi connectivity index (χ1) is 10.5. The summed E-state index contributed by atoms with van der Waals surface area (Å²) in [4.78, 5) is 15.8. The Balaban J connectivity index is 1.78. The average Bonchev–Trinajstić information content (AvgIpc) is 2.91. The number of carbonyl (C=O) groups is 1. The van der Waals surface area contributed by atoms with Gasteiger partial charge in [-0.2, -0.15) is 0 Å². The summed E-state index contributed by atoms with van der Waals surface area (Å²) in [5, 5.41) is 17.5. The van der Waals surface area contributed by atoms with E-state index in [0.717, 1.165) is 22.8 Å². The molecule has 118 valence electrons. The maximum atomic E-state index is 13.1. The third-order valence-electron chi connectivity index (χ3n) is 2.85. The van der Waals surface area contributed by atoms with Crippen molar-refractivity contribution in [2.75, 3.05) is 6.54 Å².